The van der Waals surface area contributed by atoms with Crippen LogP contribution in [0.1, 0.15) is 35.8 Å². The fourth-order valence-electron chi connectivity index (χ4n) is 4.33. The summed E-state index contributed by atoms with van der Waals surface area (Å²) in [5.41, 5.74) is -2.34. The van der Waals surface area contributed by atoms with Crippen molar-refractivity contribution in [2.75, 3.05) is 27.4 Å². The Morgan fingerprint density at radius 2 is 1.71 bits per heavy atom. The van der Waals surface area contributed by atoms with Gasteiger partial charge in [-0.1, -0.05) is 12.1 Å². The van der Waals surface area contributed by atoms with Crippen LogP contribution in [0.3, 0.4) is 0 Å². The second-order valence-electron chi connectivity index (χ2n) is 9.33. The lowest BCUT2D eigenvalue weighted by molar-refractivity contribution is -0.192. The van der Waals surface area contributed by atoms with Crippen molar-refractivity contribution in [1.82, 2.24) is 25.5 Å². The maximum absolute atomic E-state index is 15.1. The van der Waals surface area contributed by atoms with Gasteiger partial charge in [-0.2, -0.15) is 31.0 Å². The van der Waals surface area contributed by atoms with E-state index in [1.807, 2.05) is 0 Å². The molecule has 1 aliphatic rings. The Balaban J connectivity index is 0.000000616. The smallest absolute Gasteiger partial charge is 0.490 e. The van der Waals surface area contributed by atoms with Crippen LogP contribution in [0.15, 0.2) is 42.5 Å². The van der Waals surface area contributed by atoms with Gasteiger partial charge in [-0.25, -0.2) is 9.18 Å². The molecule has 1 aromatic heterocycles. The molecule has 3 N–H and O–H groups in total. The number of carboxylic acids is 1. The van der Waals surface area contributed by atoms with E-state index < -0.39 is 35.6 Å². The molecule has 0 spiro atoms. The number of methoxy groups -OCH3 is 2. The van der Waals surface area contributed by atoms with Crippen LogP contribution < -0.4 is 14.8 Å². The van der Waals surface area contributed by atoms with Crippen LogP contribution in [-0.2, 0) is 11.0 Å². The van der Waals surface area contributed by atoms with Gasteiger partial charge in [0.1, 0.15) is 17.2 Å². The molecule has 0 amide bonds. The highest BCUT2D eigenvalue weighted by atomic mass is 19.4. The van der Waals surface area contributed by atoms with Crippen LogP contribution in [0.5, 0.6) is 11.5 Å². The fraction of sp³-hybridized carbons (Fsp3) is 0.440. The normalized spacial score (nSPS) is 19.2. The van der Waals surface area contributed by atoms with Crippen molar-refractivity contribution >= 4 is 5.97 Å². The molecule has 0 bridgehead atoms. The van der Waals surface area contributed by atoms with Gasteiger partial charge in [0.15, 0.2) is 5.82 Å². The predicted octanol–water partition coefficient (Wildman–Crippen LogP) is 4.12. The standard InChI is InChI=1S/C23H25F4N5O3.C2HF3O2/c1-34-16-5-3-4-15(8-16)32-21(29-30-31-32)20(28-13-22(24)10-14(11-22)12-33)18-7-6-17(35-2)9-19(18)23(25,26)27;3-2(4,5)1(6)7/h3-9,14,20,28,33H,10-13H2,1-2H3;(H,6,7). The fourth-order valence-corrected chi connectivity index (χ4v) is 4.33. The van der Waals surface area contributed by atoms with Crippen LogP contribution in [0.25, 0.3) is 5.69 Å². The predicted molar refractivity (Wildman–Crippen MR) is 131 cm³/mol. The first-order valence-electron chi connectivity index (χ1n) is 12.1. The number of carboxylic acid groups (broad SMARTS) is 1. The molecule has 0 radical (unpaired) electrons. The molecule has 1 atom stereocenters. The van der Waals surface area contributed by atoms with Gasteiger partial charge in [0, 0.05) is 19.2 Å². The van der Waals surface area contributed by atoms with Crippen molar-refractivity contribution < 1.29 is 55.2 Å². The highest BCUT2D eigenvalue weighted by Crippen LogP contribution is 2.42. The highest BCUT2D eigenvalue weighted by Gasteiger charge is 2.45. The molecule has 4 rings (SSSR count). The zero-order chi connectivity index (χ0) is 31.3. The van der Waals surface area contributed by atoms with Gasteiger partial charge in [0.25, 0.3) is 0 Å². The number of rotatable bonds is 9. The summed E-state index contributed by atoms with van der Waals surface area (Å²) in [5, 5.41) is 30.9. The Kier molecular flexibility index (Phi) is 9.98. The molecule has 1 aliphatic carbocycles. The Morgan fingerprint density at radius 1 is 1.10 bits per heavy atom. The van der Waals surface area contributed by atoms with E-state index in [4.69, 9.17) is 19.4 Å². The summed E-state index contributed by atoms with van der Waals surface area (Å²) in [6, 6.07) is 9.05. The summed E-state index contributed by atoms with van der Waals surface area (Å²) < 4.78 is 101. The van der Waals surface area contributed by atoms with Crippen LogP contribution in [0.2, 0.25) is 0 Å². The van der Waals surface area contributed by atoms with Gasteiger partial charge in [0.2, 0.25) is 0 Å². The number of nitrogens with one attached hydrogen (secondary N) is 1. The summed E-state index contributed by atoms with van der Waals surface area (Å²) >= 11 is 0. The molecular formula is C25H26F7N5O5. The van der Waals surface area contributed by atoms with E-state index >= 15 is 4.39 Å². The first-order chi connectivity index (χ1) is 19.6. The average molecular weight is 609 g/mol. The molecule has 1 fully saturated rings. The number of nitrogens with zero attached hydrogens (tertiary/aromatic N) is 4. The molecule has 42 heavy (non-hydrogen) atoms. The quantitative estimate of drug-likeness (QED) is 0.307. The first kappa shape index (κ1) is 32.5. The summed E-state index contributed by atoms with van der Waals surface area (Å²) in [6.45, 7) is -0.387. The lowest BCUT2D eigenvalue weighted by Gasteiger charge is -2.41. The SMILES string of the molecule is COc1cccc(-n2nnnc2C(NCC2(F)CC(CO)C2)c2ccc(OC)cc2C(F)(F)F)c1.O=C(O)C(F)(F)F. The van der Waals surface area contributed by atoms with Crippen LogP contribution >= 0.6 is 0 Å². The van der Waals surface area contributed by atoms with Crippen LogP contribution in [-0.4, -0.2) is 75.6 Å². The molecule has 1 saturated carbocycles. The highest BCUT2D eigenvalue weighted by molar-refractivity contribution is 5.73. The molecule has 0 saturated heterocycles. The monoisotopic (exact) mass is 609 g/mol. The number of alkyl halides is 7. The molecule has 17 heteroatoms. The minimum Gasteiger partial charge on any atom is -0.497 e. The number of hydrogen-bond donors (Lipinski definition) is 3. The lowest BCUT2D eigenvalue weighted by atomic mass is 9.72. The largest absolute Gasteiger partial charge is 0.497 e. The zero-order valence-corrected chi connectivity index (χ0v) is 22.1. The van der Waals surface area contributed by atoms with Gasteiger partial charge >= 0.3 is 18.3 Å². The maximum atomic E-state index is 15.1. The number of hydrogen-bond acceptors (Lipinski definition) is 8. The van der Waals surface area contributed by atoms with E-state index in [2.05, 4.69) is 20.8 Å². The second-order valence-corrected chi connectivity index (χ2v) is 9.33. The molecule has 2 aromatic carbocycles. The van der Waals surface area contributed by atoms with E-state index in [0.717, 1.165) is 6.07 Å². The summed E-state index contributed by atoms with van der Waals surface area (Å²) in [4.78, 5) is 8.90. The van der Waals surface area contributed by atoms with Gasteiger partial charge in [-0.15, -0.1) is 5.10 Å². The van der Waals surface area contributed by atoms with E-state index in [-0.39, 0.29) is 49.0 Å². The molecule has 3 aromatic rings. The Bertz CT molecular complexity index is 1360. The molecular weight excluding hydrogens is 583 g/mol. The zero-order valence-electron chi connectivity index (χ0n) is 22.1. The third-order valence-corrected chi connectivity index (χ3v) is 6.36. The number of aliphatic hydroxyl groups excluding tert-OH is 1. The van der Waals surface area contributed by atoms with Gasteiger partial charge in [-0.05, 0) is 59.0 Å². The summed E-state index contributed by atoms with van der Waals surface area (Å²) in [5.74, 6) is -2.36. The minimum absolute atomic E-state index is 0.0268. The molecule has 1 heterocycles. The summed E-state index contributed by atoms with van der Waals surface area (Å²) in [7, 11) is 2.76. The molecule has 10 nitrogen and oxygen atoms in total. The van der Waals surface area contributed by atoms with Crippen molar-refractivity contribution in [3.8, 4) is 17.2 Å². The molecule has 1 unspecified atom stereocenters. The number of ether oxygens (including phenoxy) is 2. The number of halogens is 7. The van der Waals surface area contributed by atoms with Gasteiger partial charge < -0.3 is 25.0 Å². The first-order valence-corrected chi connectivity index (χ1v) is 12.1. The van der Waals surface area contributed by atoms with Gasteiger partial charge in [0.05, 0.1) is 31.5 Å². The lowest BCUT2D eigenvalue weighted by Crippen LogP contribution is -2.49. The average Bonchev–Trinajstić information content (AvgIpc) is 3.40. The number of carbonyl (C=O) groups is 1. The number of aliphatic hydroxyl groups is 1. The Hall–Kier alpha value is -3.99. The van der Waals surface area contributed by atoms with Crippen LogP contribution in [0, 0.1) is 5.92 Å². The number of tetrazole rings is 1. The van der Waals surface area contributed by atoms with Gasteiger partial charge in [-0.3, -0.25) is 0 Å². The third kappa shape index (κ3) is 7.84. The molecule has 230 valence electrons. The Morgan fingerprint density at radius 3 is 2.26 bits per heavy atom. The number of aliphatic carboxylic acids is 1. The number of benzene rings is 2. The minimum atomic E-state index is -5.08. The van der Waals surface area contributed by atoms with Crippen molar-refractivity contribution in [3.05, 3.63) is 59.4 Å². The van der Waals surface area contributed by atoms with Crippen molar-refractivity contribution in [3.63, 3.8) is 0 Å². The number of aromatic nitrogens is 4. The van der Waals surface area contributed by atoms with E-state index in [1.54, 1.807) is 24.3 Å². The molecule has 0 aliphatic heterocycles. The van der Waals surface area contributed by atoms with Crippen molar-refractivity contribution in [2.45, 2.75) is 36.9 Å². The van der Waals surface area contributed by atoms with E-state index in [9.17, 15) is 31.4 Å². The van der Waals surface area contributed by atoms with Crippen molar-refractivity contribution in [2.24, 2.45) is 5.92 Å². The van der Waals surface area contributed by atoms with E-state index in [1.165, 1.54) is 31.0 Å². The van der Waals surface area contributed by atoms with E-state index in [0.29, 0.717) is 11.4 Å². The third-order valence-electron chi connectivity index (χ3n) is 6.36. The topological polar surface area (TPSA) is 132 Å². The second kappa shape index (κ2) is 12.9. The van der Waals surface area contributed by atoms with Crippen LogP contribution in [0.4, 0.5) is 30.7 Å². The summed E-state index contributed by atoms with van der Waals surface area (Å²) in [6.07, 6.45) is -9.58. The maximum Gasteiger partial charge on any atom is 0.490 e. The Labute approximate surface area is 234 Å². The van der Waals surface area contributed by atoms with Crippen molar-refractivity contribution in [1.29, 1.82) is 0 Å².